The second-order valence-electron chi connectivity index (χ2n) is 4.26. The van der Waals surface area contributed by atoms with Crippen molar-refractivity contribution in [2.75, 3.05) is 6.61 Å². The quantitative estimate of drug-likeness (QED) is 0.213. The first-order valence-electron chi connectivity index (χ1n) is 6.17. The Labute approximate surface area is 128 Å². The minimum absolute atomic E-state index is 0.0178. The molecule has 22 heavy (non-hydrogen) atoms. The van der Waals surface area contributed by atoms with Gasteiger partial charge in [-0.25, -0.2) is 4.21 Å². The number of nitrogens with zero attached hydrogens (tertiary/aromatic N) is 1. The van der Waals surface area contributed by atoms with Gasteiger partial charge in [0.15, 0.2) is 11.1 Å². The summed E-state index contributed by atoms with van der Waals surface area (Å²) in [7, 11) is 0. The van der Waals surface area contributed by atoms with Crippen LogP contribution in [0, 0.1) is 0 Å². The summed E-state index contributed by atoms with van der Waals surface area (Å²) in [5.74, 6) is -1.84. The fraction of sp³-hybridized carbons (Fsp3) is 0.308. The third-order valence-corrected chi connectivity index (χ3v) is 3.19. The van der Waals surface area contributed by atoms with Crippen LogP contribution in [0.25, 0.3) is 0 Å². The molecule has 3 N–H and O–H groups in total. The van der Waals surface area contributed by atoms with Crippen molar-refractivity contribution in [2.24, 2.45) is 5.16 Å². The number of carboxylic acids is 1. The van der Waals surface area contributed by atoms with Crippen LogP contribution in [0.5, 0.6) is 0 Å². The maximum Gasteiger partial charge on any atom is 0.306 e. The third kappa shape index (κ3) is 6.46. The van der Waals surface area contributed by atoms with Gasteiger partial charge in [-0.05, 0) is 5.56 Å². The van der Waals surface area contributed by atoms with E-state index in [-0.39, 0.29) is 30.9 Å². The Kier molecular flexibility index (Phi) is 7.20. The molecule has 0 saturated carbocycles. The van der Waals surface area contributed by atoms with Gasteiger partial charge in [0.1, 0.15) is 12.3 Å². The highest BCUT2D eigenvalue weighted by molar-refractivity contribution is 7.78. The molecule has 0 fully saturated rings. The normalized spacial score (nSPS) is 12.7. The molecule has 0 aromatic heterocycles. The summed E-state index contributed by atoms with van der Waals surface area (Å²) in [4.78, 5) is 21.6. The van der Waals surface area contributed by atoms with Crippen LogP contribution in [0.4, 0.5) is 0 Å². The third-order valence-electron chi connectivity index (χ3n) is 2.61. The molecular formula is C13H15NO7S. The van der Waals surface area contributed by atoms with Crippen LogP contribution in [0.1, 0.15) is 24.0 Å². The van der Waals surface area contributed by atoms with E-state index in [0.29, 0.717) is 11.1 Å². The molecule has 1 rings (SSSR count). The zero-order chi connectivity index (χ0) is 16.5. The molecule has 0 aliphatic heterocycles. The molecule has 0 heterocycles. The standard InChI is InChI=1S/C13H15NO7S/c15-12(16)5-6-13(17)21-7-11(14-18)10-3-1-9(2-4-10)8-22(19)20/h1-4,18H,5-8H2,(H,15,16)(H,19,20). The highest BCUT2D eigenvalue weighted by Gasteiger charge is 2.11. The maximum atomic E-state index is 11.3. The number of carboxylic acid groups (broad SMARTS) is 1. The predicted molar refractivity (Wildman–Crippen MR) is 77.1 cm³/mol. The summed E-state index contributed by atoms with van der Waals surface area (Å²) >= 11 is -1.95. The van der Waals surface area contributed by atoms with Crippen molar-refractivity contribution in [3.05, 3.63) is 35.4 Å². The SMILES string of the molecule is O=C(O)CCC(=O)OCC(=NO)c1ccc(CS(=O)O)cc1. The number of esters is 1. The molecule has 1 aromatic rings. The fourth-order valence-corrected chi connectivity index (χ4v) is 2.01. The van der Waals surface area contributed by atoms with E-state index in [0.717, 1.165) is 0 Å². The number of rotatable bonds is 8. The number of ether oxygens (including phenoxy) is 1. The van der Waals surface area contributed by atoms with Crippen LogP contribution < -0.4 is 0 Å². The maximum absolute atomic E-state index is 11.3. The lowest BCUT2D eigenvalue weighted by Gasteiger charge is -2.07. The molecular weight excluding hydrogens is 314 g/mol. The van der Waals surface area contributed by atoms with E-state index in [9.17, 15) is 13.8 Å². The molecule has 1 atom stereocenters. The Morgan fingerprint density at radius 3 is 2.32 bits per heavy atom. The summed E-state index contributed by atoms with van der Waals surface area (Å²) in [5, 5.41) is 20.4. The Morgan fingerprint density at radius 2 is 1.82 bits per heavy atom. The predicted octanol–water partition coefficient (Wildman–Crippen LogP) is 0.995. The Hall–Kier alpha value is -2.26. The molecule has 0 bridgehead atoms. The van der Waals surface area contributed by atoms with Crippen LogP contribution in [-0.2, 0) is 31.2 Å². The highest BCUT2D eigenvalue weighted by atomic mass is 32.2. The lowest BCUT2D eigenvalue weighted by atomic mass is 10.1. The number of hydrogen-bond donors (Lipinski definition) is 3. The lowest BCUT2D eigenvalue weighted by molar-refractivity contribution is -0.146. The van der Waals surface area contributed by atoms with Crippen LogP contribution >= 0.6 is 0 Å². The highest BCUT2D eigenvalue weighted by Crippen LogP contribution is 2.08. The van der Waals surface area contributed by atoms with E-state index in [1.54, 1.807) is 24.3 Å². The number of hydrogen-bond acceptors (Lipinski definition) is 6. The molecule has 1 aromatic carbocycles. The molecule has 0 amide bonds. The van der Waals surface area contributed by atoms with E-state index in [4.69, 9.17) is 19.6 Å². The monoisotopic (exact) mass is 329 g/mol. The largest absolute Gasteiger partial charge is 0.481 e. The van der Waals surface area contributed by atoms with Crippen molar-refractivity contribution in [3.8, 4) is 0 Å². The second-order valence-corrected chi connectivity index (χ2v) is 5.20. The summed E-state index contributed by atoms with van der Waals surface area (Å²) in [5.41, 5.74) is 1.18. The number of benzene rings is 1. The van der Waals surface area contributed by atoms with Crippen molar-refractivity contribution in [3.63, 3.8) is 0 Å². The average Bonchev–Trinajstić information content (AvgIpc) is 2.46. The van der Waals surface area contributed by atoms with E-state index in [1.807, 2.05) is 0 Å². The minimum Gasteiger partial charge on any atom is -0.481 e. The van der Waals surface area contributed by atoms with Gasteiger partial charge in [0.25, 0.3) is 0 Å². The van der Waals surface area contributed by atoms with Crippen LogP contribution in [0.3, 0.4) is 0 Å². The van der Waals surface area contributed by atoms with Gasteiger partial charge in [0.2, 0.25) is 0 Å². The molecule has 9 heteroatoms. The summed E-state index contributed by atoms with van der Waals surface area (Å²) in [6.07, 6.45) is -0.604. The van der Waals surface area contributed by atoms with Gasteiger partial charge < -0.3 is 19.6 Å². The van der Waals surface area contributed by atoms with E-state index in [2.05, 4.69) is 5.16 Å². The summed E-state index contributed by atoms with van der Waals surface area (Å²) in [6.45, 7) is -0.305. The van der Waals surface area contributed by atoms with E-state index < -0.39 is 23.0 Å². The fourth-order valence-electron chi connectivity index (χ4n) is 1.54. The topological polar surface area (TPSA) is 133 Å². The molecule has 0 aliphatic carbocycles. The number of carbonyl (C=O) groups is 2. The van der Waals surface area contributed by atoms with Gasteiger partial charge in [0.05, 0.1) is 18.6 Å². The summed E-state index contributed by atoms with van der Waals surface area (Å²) < 4.78 is 24.3. The summed E-state index contributed by atoms with van der Waals surface area (Å²) in [6, 6.07) is 6.28. The van der Waals surface area contributed by atoms with Gasteiger partial charge >= 0.3 is 11.9 Å². The average molecular weight is 329 g/mol. The van der Waals surface area contributed by atoms with Gasteiger partial charge in [-0.3, -0.25) is 9.59 Å². The molecule has 0 spiro atoms. The van der Waals surface area contributed by atoms with Gasteiger partial charge in [0, 0.05) is 5.56 Å². The first kappa shape index (κ1) is 17.8. The van der Waals surface area contributed by atoms with Crippen molar-refractivity contribution < 1.29 is 33.4 Å². The van der Waals surface area contributed by atoms with E-state index >= 15 is 0 Å². The second kappa shape index (κ2) is 8.90. The van der Waals surface area contributed by atoms with Gasteiger partial charge in [-0.2, -0.15) is 0 Å². The van der Waals surface area contributed by atoms with Gasteiger partial charge in [-0.15, -0.1) is 0 Å². The zero-order valence-corrected chi connectivity index (χ0v) is 12.3. The van der Waals surface area contributed by atoms with Crippen LogP contribution in [0.2, 0.25) is 0 Å². The molecule has 0 aliphatic rings. The number of aliphatic carboxylic acids is 1. The molecule has 1 unspecified atom stereocenters. The smallest absolute Gasteiger partial charge is 0.306 e. The molecule has 0 radical (unpaired) electrons. The molecule has 120 valence electrons. The van der Waals surface area contributed by atoms with Crippen LogP contribution in [0.15, 0.2) is 29.4 Å². The Morgan fingerprint density at radius 1 is 1.18 bits per heavy atom. The Balaban J connectivity index is 2.59. The first-order valence-corrected chi connectivity index (χ1v) is 7.45. The molecule has 8 nitrogen and oxygen atoms in total. The van der Waals surface area contributed by atoms with Crippen molar-refractivity contribution in [2.45, 2.75) is 18.6 Å². The first-order chi connectivity index (χ1) is 10.4. The Bertz CT molecular complexity index is 583. The number of carbonyl (C=O) groups excluding carboxylic acids is 1. The van der Waals surface area contributed by atoms with Gasteiger partial charge in [-0.1, -0.05) is 29.4 Å². The lowest BCUT2D eigenvalue weighted by Crippen LogP contribution is -2.16. The zero-order valence-electron chi connectivity index (χ0n) is 11.5. The minimum atomic E-state index is -1.95. The van der Waals surface area contributed by atoms with Crippen molar-refractivity contribution in [1.29, 1.82) is 0 Å². The van der Waals surface area contributed by atoms with Crippen molar-refractivity contribution in [1.82, 2.24) is 0 Å². The van der Waals surface area contributed by atoms with Crippen LogP contribution in [-0.4, -0.2) is 43.3 Å². The van der Waals surface area contributed by atoms with Crippen molar-refractivity contribution >= 4 is 28.7 Å². The number of oxime groups is 1. The van der Waals surface area contributed by atoms with E-state index in [1.165, 1.54) is 0 Å². The molecule has 0 saturated heterocycles.